The average Bonchev–Trinajstić information content (AvgIpc) is 3.43. The second kappa shape index (κ2) is 8.66. The van der Waals surface area contributed by atoms with Crippen molar-refractivity contribution in [1.29, 1.82) is 0 Å². The maximum Gasteiger partial charge on any atom is 0.223 e. The lowest BCUT2D eigenvalue weighted by Crippen LogP contribution is -2.40. The number of thiophene rings is 1. The summed E-state index contributed by atoms with van der Waals surface area (Å²) < 4.78 is 5.30. The average molecular weight is 409 g/mol. The first kappa shape index (κ1) is 19.5. The Hall–Kier alpha value is -2.86. The molecule has 6 heteroatoms. The summed E-state index contributed by atoms with van der Waals surface area (Å²) >= 11 is 1.75. The van der Waals surface area contributed by atoms with Gasteiger partial charge in [0.2, 0.25) is 11.8 Å². The van der Waals surface area contributed by atoms with Crippen molar-refractivity contribution in [3.8, 4) is 0 Å². The third-order valence-corrected chi connectivity index (χ3v) is 6.35. The van der Waals surface area contributed by atoms with Crippen LogP contribution in [0.1, 0.15) is 40.6 Å². The highest BCUT2D eigenvalue weighted by Crippen LogP contribution is 2.38. The molecule has 0 radical (unpaired) electrons. The zero-order chi connectivity index (χ0) is 20.2. The largest absolute Gasteiger partial charge is 0.467 e. The van der Waals surface area contributed by atoms with Gasteiger partial charge in [0.25, 0.3) is 0 Å². The van der Waals surface area contributed by atoms with Gasteiger partial charge in [0.1, 0.15) is 5.76 Å². The van der Waals surface area contributed by atoms with E-state index in [1.807, 2.05) is 29.2 Å². The molecule has 0 N–H and O–H groups in total. The first-order valence-corrected chi connectivity index (χ1v) is 10.7. The maximum absolute atomic E-state index is 13.1. The van der Waals surface area contributed by atoms with Gasteiger partial charge < -0.3 is 14.2 Å². The predicted molar refractivity (Wildman–Crippen MR) is 112 cm³/mol. The molecule has 1 aliphatic rings. The van der Waals surface area contributed by atoms with Crippen LogP contribution in [0.3, 0.4) is 0 Å². The van der Waals surface area contributed by atoms with Crippen molar-refractivity contribution >= 4 is 23.2 Å². The molecule has 0 bridgehead atoms. The van der Waals surface area contributed by atoms with Crippen molar-refractivity contribution in [2.24, 2.45) is 0 Å². The molecule has 150 valence electrons. The fourth-order valence-corrected chi connectivity index (χ4v) is 4.76. The topological polar surface area (TPSA) is 53.8 Å². The summed E-state index contributed by atoms with van der Waals surface area (Å²) in [5.41, 5.74) is 2.32. The van der Waals surface area contributed by atoms with Gasteiger partial charge in [-0.15, -0.1) is 11.3 Å². The summed E-state index contributed by atoms with van der Waals surface area (Å²) in [6.07, 6.45) is 2.87. The van der Waals surface area contributed by atoms with Crippen molar-refractivity contribution in [2.45, 2.75) is 31.8 Å². The quantitative estimate of drug-likeness (QED) is 0.613. The highest BCUT2D eigenvalue weighted by molar-refractivity contribution is 7.10. The third kappa shape index (κ3) is 4.27. The smallest absolute Gasteiger partial charge is 0.223 e. The highest BCUT2D eigenvalue weighted by atomic mass is 32.1. The van der Waals surface area contributed by atoms with E-state index in [0.29, 0.717) is 13.1 Å². The molecular weight excluding hydrogens is 384 g/mol. The van der Waals surface area contributed by atoms with Gasteiger partial charge in [-0.2, -0.15) is 0 Å². The molecule has 1 aliphatic heterocycles. The third-order valence-electron chi connectivity index (χ3n) is 5.35. The molecule has 5 nitrogen and oxygen atoms in total. The van der Waals surface area contributed by atoms with Crippen LogP contribution in [-0.2, 0) is 22.6 Å². The summed E-state index contributed by atoms with van der Waals surface area (Å²) in [5, 5.41) is 2.10. The van der Waals surface area contributed by atoms with Gasteiger partial charge in [-0.3, -0.25) is 9.59 Å². The van der Waals surface area contributed by atoms with E-state index in [1.54, 1.807) is 35.6 Å². The Kier molecular flexibility index (Phi) is 5.81. The molecule has 0 fully saturated rings. The second-order valence-electron chi connectivity index (χ2n) is 7.28. The number of furan rings is 1. The first-order chi connectivity index (χ1) is 14.1. The predicted octanol–water partition coefficient (Wildman–Crippen LogP) is 4.25. The van der Waals surface area contributed by atoms with Crippen molar-refractivity contribution in [2.75, 3.05) is 13.6 Å². The van der Waals surface area contributed by atoms with Gasteiger partial charge >= 0.3 is 0 Å². The molecule has 4 rings (SSSR count). The summed E-state index contributed by atoms with van der Waals surface area (Å²) in [7, 11) is 1.74. The van der Waals surface area contributed by atoms with Gasteiger partial charge in [0, 0.05) is 31.3 Å². The Labute approximate surface area is 174 Å². The number of carbonyl (C=O) groups is 2. The van der Waals surface area contributed by atoms with Crippen LogP contribution in [0, 0.1) is 0 Å². The van der Waals surface area contributed by atoms with Gasteiger partial charge in [0.05, 0.1) is 18.8 Å². The van der Waals surface area contributed by atoms with E-state index in [9.17, 15) is 9.59 Å². The Morgan fingerprint density at radius 2 is 1.97 bits per heavy atom. The second-order valence-corrected chi connectivity index (χ2v) is 8.28. The lowest BCUT2D eigenvalue weighted by molar-refractivity contribution is -0.138. The minimum Gasteiger partial charge on any atom is -0.467 e. The molecule has 3 aromatic rings. The molecule has 0 aliphatic carbocycles. The van der Waals surface area contributed by atoms with E-state index in [4.69, 9.17) is 4.42 Å². The number of hydrogen-bond acceptors (Lipinski definition) is 4. The Balaban J connectivity index is 1.44. The van der Waals surface area contributed by atoms with Crippen LogP contribution >= 0.6 is 11.3 Å². The minimum absolute atomic E-state index is 0.0236. The molecule has 2 amide bonds. The first-order valence-electron chi connectivity index (χ1n) is 9.80. The number of benzene rings is 1. The van der Waals surface area contributed by atoms with Gasteiger partial charge in [0.15, 0.2) is 0 Å². The van der Waals surface area contributed by atoms with Crippen LogP contribution in [0.15, 0.2) is 64.6 Å². The van der Waals surface area contributed by atoms with Gasteiger partial charge in [-0.05, 0) is 41.1 Å². The molecule has 1 aromatic carbocycles. The standard InChI is InChI=1S/C23H24N2O3S/c1-24(16-18-8-5-14-28-18)21(26)9-10-22(27)25-13-11-20-19(12-15-29-20)23(25)17-6-3-2-4-7-17/h2-8,12,14-15,23H,9-11,13,16H2,1H3. The number of amides is 2. The Morgan fingerprint density at radius 3 is 2.72 bits per heavy atom. The van der Waals surface area contributed by atoms with Crippen molar-refractivity contribution in [1.82, 2.24) is 9.80 Å². The molecule has 1 atom stereocenters. The highest BCUT2D eigenvalue weighted by Gasteiger charge is 2.32. The lowest BCUT2D eigenvalue weighted by Gasteiger charge is -2.36. The maximum atomic E-state index is 13.1. The zero-order valence-corrected chi connectivity index (χ0v) is 17.2. The van der Waals surface area contributed by atoms with Gasteiger partial charge in [-0.25, -0.2) is 0 Å². The van der Waals surface area contributed by atoms with E-state index in [2.05, 4.69) is 23.6 Å². The summed E-state index contributed by atoms with van der Waals surface area (Å²) in [6, 6.07) is 15.8. The fraction of sp³-hybridized carbons (Fsp3) is 0.304. The monoisotopic (exact) mass is 408 g/mol. The summed E-state index contributed by atoms with van der Waals surface area (Å²) in [5.74, 6) is 0.701. The van der Waals surface area contributed by atoms with E-state index in [1.165, 1.54) is 10.4 Å². The SMILES string of the molecule is CN(Cc1ccco1)C(=O)CCC(=O)N1CCc2sccc2C1c1ccccc1. The van der Waals surface area contributed by atoms with Crippen LogP contribution in [0.4, 0.5) is 0 Å². The lowest BCUT2D eigenvalue weighted by atomic mass is 9.93. The zero-order valence-electron chi connectivity index (χ0n) is 16.4. The molecule has 0 saturated carbocycles. The van der Waals surface area contributed by atoms with E-state index < -0.39 is 0 Å². The molecular formula is C23H24N2O3S. The molecule has 2 aromatic heterocycles. The van der Waals surface area contributed by atoms with Crippen LogP contribution < -0.4 is 0 Å². The van der Waals surface area contributed by atoms with Crippen LogP contribution in [0.25, 0.3) is 0 Å². The summed E-state index contributed by atoms with van der Waals surface area (Å²) in [6.45, 7) is 1.09. The Morgan fingerprint density at radius 1 is 1.14 bits per heavy atom. The number of hydrogen-bond donors (Lipinski definition) is 0. The van der Waals surface area contributed by atoms with E-state index in [0.717, 1.165) is 17.7 Å². The van der Waals surface area contributed by atoms with Crippen LogP contribution in [-0.4, -0.2) is 35.2 Å². The number of carbonyl (C=O) groups excluding carboxylic acids is 2. The van der Waals surface area contributed by atoms with Crippen molar-refractivity contribution in [3.05, 3.63) is 81.9 Å². The summed E-state index contributed by atoms with van der Waals surface area (Å²) in [4.78, 5) is 30.5. The molecule has 3 heterocycles. The fourth-order valence-electron chi connectivity index (χ4n) is 3.85. The normalized spacial score (nSPS) is 15.8. The van der Waals surface area contributed by atoms with Crippen molar-refractivity contribution < 1.29 is 14.0 Å². The van der Waals surface area contributed by atoms with Gasteiger partial charge in [-0.1, -0.05) is 30.3 Å². The van der Waals surface area contributed by atoms with Crippen LogP contribution in [0.5, 0.6) is 0 Å². The molecule has 0 spiro atoms. The number of fused-ring (bicyclic) bond motifs is 1. The number of rotatable bonds is 6. The Bertz CT molecular complexity index is 965. The van der Waals surface area contributed by atoms with E-state index >= 15 is 0 Å². The molecule has 29 heavy (non-hydrogen) atoms. The van der Waals surface area contributed by atoms with Crippen molar-refractivity contribution in [3.63, 3.8) is 0 Å². The molecule has 0 saturated heterocycles. The van der Waals surface area contributed by atoms with E-state index in [-0.39, 0.29) is 30.7 Å². The number of nitrogens with zero attached hydrogens (tertiary/aromatic N) is 2. The van der Waals surface area contributed by atoms with Crippen LogP contribution in [0.2, 0.25) is 0 Å². The minimum atomic E-state index is -0.0744. The molecule has 1 unspecified atom stereocenters.